The van der Waals surface area contributed by atoms with Gasteiger partial charge in [0.05, 0.1) is 4.92 Å². The lowest BCUT2D eigenvalue weighted by Crippen LogP contribution is -2.20. The number of nitrogens with zero attached hydrogens (tertiary/aromatic N) is 2. The monoisotopic (exact) mass is 398 g/mol. The van der Waals surface area contributed by atoms with Crippen LogP contribution in [-0.2, 0) is 11.3 Å². The van der Waals surface area contributed by atoms with Crippen LogP contribution in [0.1, 0.15) is 37.7 Å². The third-order valence-corrected chi connectivity index (χ3v) is 4.19. The molecule has 0 aliphatic rings. The lowest BCUT2D eigenvalue weighted by molar-refractivity contribution is -0.385. The van der Waals surface area contributed by atoms with Crippen molar-refractivity contribution >= 4 is 17.4 Å². The highest BCUT2D eigenvalue weighted by Crippen LogP contribution is 2.25. The van der Waals surface area contributed by atoms with Gasteiger partial charge in [0.1, 0.15) is 12.1 Å². The average Bonchev–Trinajstić information content (AvgIpc) is 2.85. The Kier molecular flexibility index (Phi) is 5.91. The third kappa shape index (κ3) is 4.56. The maximum atomic E-state index is 12.7. The number of nitro benzene ring substituents is 1. The van der Waals surface area contributed by atoms with E-state index in [-0.39, 0.29) is 28.1 Å². The van der Waals surface area contributed by atoms with Crippen molar-refractivity contribution in [3.8, 4) is 0 Å². The van der Waals surface area contributed by atoms with Crippen LogP contribution in [-0.4, -0.2) is 34.0 Å². The fourth-order valence-electron chi connectivity index (χ4n) is 2.86. The Bertz CT molecular complexity index is 947. The molecule has 7 nitrogen and oxygen atoms in total. The summed E-state index contributed by atoms with van der Waals surface area (Å²) in [5.41, 5.74) is -0.158. The second-order valence-electron chi connectivity index (χ2n) is 6.21. The second kappa shape index (κ2) is 7.83. The van der Waals surface area contributed by atoms with E-state index in [2.05, 4.69) is 0 Å². The topological polar surface area (TPSA) is 91.4 Å². The average molecular weight is 398 g/mol. The number of ether oxygens (including phenoxy) is 1. The molecule has 1 heterocycles. The summed E-state index contributed by atoms with van der Waals surface area (Å²) in [5.74, 6) is -1.77. The number of para-hydroxylation sites is 1. The van der Waals surface area contributed by atoms with Gasteiger partial charge in [-0.2, -0.15) is 13.2 Å². The largest absolute Gasteiger partial charge is 0.454 e. The minimum Gasteiger partial charge on any atom is -0.454 e. The van der Waals surface area contributed by atoms with Gasteiger partial charge in [-0.1, -0.05) is 12.1 Å². The number of aromatic nitrogens is 1. The molecule has 150 valence electrons. The number of carbonyl (C=O) groups excluding carboxylic acids is 2. The fourth-order valence-corrected chi connectivity index (χ4v) is 2.86. The van der Waals surface area contributed by atoms with E-state index in [0.717, 1.165) is 4.57 Å². The predicted octanol–water partition coefficient (Wildman–Crippen LogP) is 3.92. The highest BCUT2D eigenvalue weighted by atomic mass is 19.4. The molecule has 0 spiro atoms. The zero-order valence-electron chi connectivity index (χ0n) is 15.3. The predicted molar refractivity (Wildman–Crippen MR) is 92.4 cm³/mol. The Morgan fingerprint density at radius 1 is 1.18 bits per heavy atom. The molecule has 0 saturated carbocycles. The number of hydrogen-bond donors (Lipinski definition) is 0. The quantitative estimate of drug-likeness (QED) is 0.318. The van der Waals surface area contributed by atoms with Gasteiger partial charge >= 0.3 is 12.1 Å². The molecule has 0 saturated heterocycles. The lowest BCUT2D eigenvalue weighted by atomic mass is 10.1. The van der Waals surface area contributed by atoms with Crippen molar-refractivity contribution in [3.05, 3.63) is 62.5 Å². The summed E-state index contributed by atoms with van der Waals surface area (Å²) in [6.07, 6.45) is -4.45. The first-order chi connectivity index (χ1) is 12.9. The minimum atomic E-state index is -4.45. The molecule has 28 heavy (non-hydrogen) atoms. The van der Waals surface area contributed by atoms with Gasteiger partial charge < -0.3 is 9.30 Å². The molecular formula is C18H17F3N2O5. The van der Waals surface area contributed by atoms with E-state index in [4.69, 9.17) is 4.74 Å². The summed E-state index contributed by atoms with van der Waals surface area (Å²) in [6.45, 7) is 2.25. The van der Waals surface area contributed by atoms with Crippen LogP contribution in [0.4, 0.5) is 18.9 Å². The highest BCUT2D eigenvalue weighted by molar-refractivity contribution is 6.01. The van der Waals surface area contributed by atoms with Crippen LogP contribution in [0.2, 0.25) is 0 Å². The number of esters is 1. The van der Waals surface area contributed by atoms with Gasteiger partial charge in [-0.25, -0.2) is 4.79 Å². The number of halogens is 3. The molecule has 0 N–H and O–H groups in total. The number of aryl methyl sites for hydroxylation is 2. The first-order valence-electron chi connectivity index (χ1n) is 8.10. The molecular weight excluding hydrogens is 381 g/mol. The molecule has 0 bridgehead atoms. The van der Waals surface area contributed by atoms with Gasteiger partial charge in [-0.3, -0.25) is 14.9 Å². The Labute approximate surface area is 157 Å². The maximum Gasteiger partial charge on any atom is 0.406 e. The van der Waals surface area contributed by atoms with Crippen LogP contribution < -0.4 is 0 Å². The zero-order chi connectivity index (χ0) is 21.2. The SMILES string of the molecule is Cc1cccc(C(=O)OCC(=O)c2cc(C)n(CC(F)(F)F)c2C)c1[N+](=O)[O-]. The van der Waals surface area contributed by atoms with E-state index in [1.807, 2.05) is 0 Å². The number of benzene rings is 1. The van der Waals surface area contributed by atoms with Gasteiger partial charge in [0, 0.05) is 22.5 Å². The Hall–Kier alpha value is -3.17. The molecule has 0 aliphatic carbocycles. The van der Waals surface area contributed by atoms with Crippen molar-refractivity contribution in [2.75, 3.05) is 6.61 Å². The lowest BCUT2D eigenvalue weighted by Gasteiger charge is -2.12. The summed E-state index contributed by atoms with van der Waals surface area (Å²) in [6, 6.07) is 5.38. The summed E-state index contributed by atoms with van der Waals surface area (Å²) >= 11 is 0. The van der Waals surface area contributed by atoms with E-state index < -0.39 is 41.7 Å². The van der Waals surface area contributed by atoms with E-state index in [9.17, 15) is 32.9 Å². The number of Topliss-reactive ketones (excluding diaryl/α,β-unsaturated/α-hetero) is 1. The molecule has 1 aromatic heterocycles. The van der Waals surface area contributed by atoms with Crippen molar-refractivity contribution in [2.45, 2.75) is 33.5 Å². The first-order valence-corrected chi connectivity index (χ1v) is 8.10. The van der Waals surface area contributed by atoms with Crippen molar-refractivity contribution in [3.63, 3.8) is 0 Å². The zero-order valence-corrected chi connectivity index (χ0v) is 15.3. The molecule has 2 rings (SSSR count). The second-order valence-corrected chi connectivity index (χ2v) is 6.21. The number of rotatable bonds is 6. The number of carbonyl (C=O) groups is 2. The highest BCUT2D eigenvalue weighted by Gasteiger charge is 2.30. The number of nitro groups is 1. The normalized spacial score (nSPS) is 11.4. The Morgan fingerprint density at radius 2 is 1.82 bits per heavy atom. The number of hydrogen-bond acceptors (Lipinski definition) is 5. The van der Waals surface area contributed by atoms with Crippen LogP contribution in [0.3, 0.4) is 0 Å². The number of alkyl halides is 3. The third-order valence-electron chi connectivity index (χ3n) is 4.19. The van der Waals surface area contributed by atoms with E-state index in [1.54, 1.807) is 0 Å². The smallest absolute Gasteiger partial charge is 0.406 e. The number of ketones is 1. The first kappa shape index (κ1) is 21.1. The Morgan fingerprint density at radius 3 is 2.39 bits per heavy atom. The van der Waals surface area contributed by atoms with Gasteiger partial charge in [-0.15, -0.1) is 0 Å². The van der Waals surface area contributed by atoms with Gasteiger partial charge in [-0.05, 0) is 32.9 Å². The standard InChI is InChI=1S/C18H17F3N2O5/c1-10-5-4-6-13(16(10)23(26)27)17(25)28-8-15(24)14-7-11(2)22(12(14)3)9-18(19,20)21/h4-7H,8-9H2,1-3H3. The maximum absolute atomic E-state index is 12.7. The van der Waals surface area contributed by atoms with E-state index >= 15 is 0 Å². The molecule has 0 amide bonds. The van der Waals surface area contributed by atoms with Gasteiger partial charge in [0.2, 0.25) is 5.78 Å². The van der Waals surface area contributed by atoms with E-state index in [1.165, 1.54) is 45.0 Å². The van der Waals surface area contributed by atoms with Crippen LogP contribution in [0.15, 0.2) is 24.3 Å². The molecule has 0 radical (unpaired) electrons. The van der Waals surface area contributed by atoms with E-state index in [0.29, 0.717) is 0 Å². The summed E-state index contributed by atoms with van der Waals surface area (Å²) in [4.78, 5) is 34.9. The molecule has 10 heteroatoms. The fraction of sp³-hybridized carbons (Fsp3) is 0.333. The van der Waals surface area contributed by atoms with Gasteiger partial charge in [0.15, 0.2) is 6.61 Å². The summed E-state index contributed by atoms with van der Waals surface area (Å²) < 4.78 is 43.8. The summed E-state index contributed by atoms with van der Waals surface area (Å²) in [7, 11) is 0. The molecule has 1 aromatic carbocycles. The summed E-state index contributed by atoms with van der Waals surface area (Å²) in [5, 5.41) is 11.1. The van der Waals surface area contributed by atoms with Crippen LogP contribution in [0.5, 0.6) is 0 Å². The molecule has 0 atom stereocenters. The van der Waals surface area contributed by atoms with Crippen molar-refractivity contribution in [2.24, 2.45) is 0 Å². The van der Waals surface area contributed by atoms with Crippen LogP contribution >= 0.6 is 0 Å². The Balaban J connectivity index is 2.18. The van der Waals surface area contributed by atoms with Crippen LogP contribution in [0, 0.1) is 30.9 Å². The molecule has 0 aliphatic heterocycles. The molecule has 0 unspecified atom stereocenters. The minimum absolute atomic E-state index is 0.00621. The molecule has 2 aromatic rings. The molecule has 0 fully saturated rings. The van der Waals surface area contributed by atoms with Crippen molar-refractivity contribution in [1.29, 1.82) is 0 Å². The van der Waals surface area contributed by atoms with Crippen LogP contribution in [0.25, 0.3) is 0 Å². The van der Waals surface area contributed by atoms with Crippen molar-refractivity contribution in [1.82, 2.24) is 4.57 Å². The van der Waals surface area contributed by atoms with Crippen molar-refractivity contribution < 1.29 is 32.4 Å². The van der Waals surface area contributed by atoms with Gasteiger partial charge in [0.25, 0.3) is 5.69 Å².